The van der Waals surface area contributed by atoms with Crippen LogP contribution in [0.15, 0.2) is 132 Å². The summed E-state index contributed by atoms with van der Waals surface area (Å²) in [5, 5.41) is 2.13. The minimum atomic E-state index is -0.259. The number of amidine groups is 1. The SMILES string of the molecule is O=C(/C(=C/c1ccccc1)c1ccccc1)N1NC(=NCc2ccccc2)SC1/C=C/c1ccccc1. The topological polar surface area (TPSA) is 44.7 Å². The van der Waals surface area contributed by atoms with Crippen LogP contribution in [0.1, 0.15) is 22.3 Å². The second-order valence-electron chi connectivity index (χ2n) is 8.51. The summed E-state index contributed by atoms with van der Waals surface area (Å²) in [7, 11) is 0. The van der Waals surface area contributed by atoms with E-state index >= 15 is 0 Å². The molecule has 0 radical (unpaired) electrons. The Hall–Kier alpha value is -4.35. The highest BCUT2D eigenvalue weighted by Gasteiger charge is 2.34. The maximum absolute atomic E-state index is 14.1. The molecule has 5 rings (SSSR count). The van der Waals surface area contributed by atoms with Gasteiger partial charge in [0.05, 0.1) is 6.54 Å². The summed E-state index contributed by atoms with van der Waals surface area (Å²) < 4.78 is 0. The van der Waals surface area contributed by atoms with Gasteiger partial charge in [-0.25, -0.2) is 5.01 Å². The van der Waals surface area contributed by atoms with E-state index in [1.807, 2.05) is 127 Å². The highest BCUT2D eigenvalue weighted by molar-refractivity contribution is 8.14. The lowest BCUT2D eigenvalue weighted by atomic mass is 10.0. The van der Waals surface area contributed by atoms with E-state index < -0.39 is 0 Å². The zero-order valence-electron chi connectivity index (χ0n) is 20.3. The molecule has 0 spiro atoms. The van der Waals surface area contributed by atoms with Crippen LogP contribution in [0.2, 0.25) is 0 Å². The van der Waals surface area contributed by atoms with Crippen molar-refractivity contribution in [2.75, 3.05) is 0 Å². The fraction of sp³-hybridized carbons (Fsp3) is 0.0625. The number of aliphatic imine (C=N–C) groups is 1. The Morgan fingerprint density at radius 2 is 1.35 bits per heavy atom. The number of benzene rings is 4. The van der Waals surface area contributed by atoms with Crippen LogP contribution in [0.3, 0.4) is 0 Å². The van der Waals surface area contributed by atoms with Gasteiger partial charge in [-0.1, -0.05) is 139 Å². The lowest BCUT2D eigenvalue weighted by Crippen LogP contribution is -2.43. The van der Waals surface area contributed by atoms with Crippen LogP contribution in [-0.2, 0) is 11.3 Å². The molecule has 1 fully saturated rings. The Morgan fingerprint density at radius 3 is 2.00 bits per heavy atom. The van der Waals surface area contributed by atoms with Gasteiger partial charge in [0.15, 0.2) is 5.17 Å². The molecule has 1 N–H and O–H groups in total. The van der Waals surface area contributed by atoms with E-state index in [1.165, 1.54) is 11.8 Å². The monoisotopic (exact) mass is 501 g/mol. The van der Waals surface area contributed by atoms with Crippen molar-refractivity contribution in [2.45, 2.75) is 11.9 Å². The molecule has 1 amide bonds. The van der Waals surface area contributed by atoms with Gasteiger partial charge >= 0.3 is 0 Å². The molecule has 1 heterocycles. The van der Waals surface area contributed by atoms with E-state index in [1.54, 1.807) is 5.01 Å². The van der Waals surface area contributed by atoms with E-state index in [-0.39, 0.29) is 11.3 Å². The smallest absolute Gasteiger partial charge is 0.272 e. The van der Waals surface area contributed by atoms with Crippen LogP contribution in [0.25, 0.3) is 17.7 Å². The maximum Gasteiger partial charge on any atom is 0.274 e. The summed E-state index contributed by atoms with van der Waals surface area (Å²) in [6.07, 6.45) is 6.03. The molecule has 0 aromatic heterocycles. The number of rotatable bonds is 7. The Labute approximate surface area is 222 Å². The molecule has 1 aliphatic heterocycles. The van der Waals surface area contributed by atoms with Gasteiger partial charge < -0.3 is 0 Å². The van der Waals surface area contributed by atoms with Crippen LogP contribution < -0.4 is 5.43 Å². The van der Waals surface area contributed by atoms with Gasteiger partial charge in [-0.2, -0.15) is 0 Å². The van der Waals surface area contributed by atoms with E-state index in [0.29, 0.717) is 17.3 Å². The molecule has 5 heteroatoms. The number of thioether (sulfide) groups is 1. The molecule has 1 atom stereocenters. The van der Waals surface area contributed by atoms with Crippen molar-refractivity contribution in [1.29, 1.82) is 0 Å². The first-order valence-electron chi connectivity index (χ1n) is 12.2. The van der Waals surface area contributed by atoms with Gasteiger partial charge in [-0.15, -0.1) is 0 Å². The number of hydrogen-bond acceptors (Lipinski definition) is 3. The predicted octanol–water partition coefficient (Wildman–Crippen LogP) is 6.90. The van der Waals surface area contributed by atoms with Crippen molar-refractivity contribution in [3.63, 3.8) is 0 Å². The Kier molecular flexibility index (Phi) is 7.94. The zero-order chi connectivity index (χ0) is 25.3. The zero-order valence-corrected chi connectivity index (χ0v) is 21.1. The molecule has 1 saturated heterocycles. The fourth-order valence-corrected chi connectivity index (χ4v) is 4.89. The molecule has 0 aliphatic carbocycles. The maximum atomic E-state index is 14.1. The Balaban J connectivity index is 1.47. The van der Waals surface area contributed by atoms with Crippen LogP contribution in [-0.4, -0.2) is 21.5 Å². The Bertz CT molecular complexity index is 1400. The molecule has 4 nitrogen and oxygen atoms in total. The quantitative estimate of drug-likeness (QED) is 0.221. The number of carbonyl (C=O) groups is 1. The number of hydrogen-bond donors (Lipinski definition) is 1. The lowest BCUT2D eigenvalue weighted by molar-refractivity contribution is -0.126. The van der Waals surface area contributed by atoms with Crippen molar-refractivity contribution in [2.24, 2.45) is 4.99 Å². The van der Waals surface area contributed by atoms with E-state index in [2.05, 4.69) is 17.6 Å². The van der Waals surface area contributed by atoms with Gasteiger partial charge in [0.25, 0.3) is 5.91 Å². The Morgan fingerprint density at radius 1 is 0.784 bits per heavy atom. The first-order valence-corrected chi connectivity index (χ1v) is 13.0. The standard InChI is InChI=1S/C32H27N3OS/c36-31(29(28-19-11-4-12-20-28)23-26-15-7-2-8-16-26)35-30(22-21-25-13-5-1-6-14-25)37-32(34-35)33-24-27-17-9-3-10-18-27/h1-23,30H,24H2,(H,33,34)/b22-21+,29-23+. The minimum absolute atomic E-state index is 0.116. The third-order valence-electron chi connectivity index (χ3n) is 5.85. The number of nitrogens with zero attached hydrogens (tertiary/aromatic N) is 2. The minimum Gasteiger partial charge on any atom is -0.272 e. The summed E-state index contributed by atoms with van der Waals surface area (Å²) in [6.45, 7) is 0.540. The normalized spacial score (nSPS) is 16.8. The van der Waals surface area contributed by atoms with Crippen LogP contribution in [0, 0.1) is 0 Å². The summed E-state index contributed by atoms with van der Waals surface area (Å²) in [5.74, 6) is -0.116. The third kappa shape index (κ3) is 6.46. The second-order valence-corrected chi connectivity index (χ2v) is 9.61. The molecule has 182 valence electrons. The lowest BCUT2D eigenvalue weighted by Gasteiger charge is -2.22. The van der Waals surface area contributed by atoms with Crippen LogP contribution >= 0.6 is 11.8 Å². The highest BCUT2D eigenvalue weighted by atomic mass is 32.2. The molecule has 0 bridgehead atoms. The van der Waals surface area contributed by atoms with Gasteiger partial charge in [0.2, 0.25) is 0 Å². The van der Waals surface area contributed by atoms with Crippen molar-refractivity contribution in [3.8, 4) is 0 Å². The van der Waals surface area contributed by atoms with E-state index in [0.717, 1.165) is 22.3 Å². The van der Waals surface area contributed by atoms with Crippen molar-refractivity contribution < 1.29 is 4.79 Å². The molecule has 0 saturated carbocycles. The molecule has 4 aromatic carbocycles. The number of amides is 1. The number of nitrogens with one attached hydrogen (secondary N) is 1. The van der Waals surface area contributed by atoms with Gasteiger partial charge in [-0.05, 0) is 34.4 Å². The first kappa shape index (κ1) is 24.3. The molecule has 1 aliphatic rings. The van der Waals surface area contributed by atoms with Crippen LogP contribution in [0.5, 0.6) is 0 Å². The van der Waals surface area contributed by atoms with Crippen LogP contribution in [0.4, 0.5) is 0 Å². The van der Waals surface area contributed by atoms with Crippen molar-refractivity contribution in [1.82, 2.24) is 10.4 Å². The fourth-order valence-electron chi connectivity index (χ4n) is 3.96. The predicted molar refractivity (Wildman–Crippen MR) is 155 cm³/mol. The van der Waals surface area contributed by atoms with E-state index in [4.69, 9.17) is 4.99 Å². The average molecular weight is 502 g/mol. The molecular formula is C32H27N3OS. The third-order valence-corrected chi connectivity index (χ3v) is 6.90. The summed E-state index contributed by atoms with van der Waals surface area (Å²) >= 11 is 1.53. The average Bonchev–Trinajstić information content (AvgIpc) is 3.38. The van der Waals surface area contributed by atoms with Crippen molar-refractivity contribution >= 4 is 40.6 Å². The summed E-state index contributed by atoms with van der Waals surface area (Å²) in [4.78, 5) is 18.9. The van der Waals surface area contributed by atoms with Crippen molar-refractivity contribution in [3.05, 3.63) is 150 Å². The van der Waals surface area contributed by atoms with Gasteiger partial charge in [-0.3, -0.25) is 15.2 Å². The summed E-state index contributed by atoms with van der Waals surface area (Å²) in [6, 6.07) is 39.9. The van der Waals surface area contributed by atoms with E-state index in [9.17, 15) is 4.79 Å². The van der Waals surface area contributed by atoms with Gasteiger partial charge in [0, 0.05) is 5.57 Å². The first-order chi connectivity index (χ1) is 18.3. The second kappa shape index (κ2) is 12.1. The molecular weight excluding hydrogens is 474 g/mol. The number of hydrazine groups is 1. The summed E-state index contributed by atoms with van der Waals surface area (Å²) in [5.41, 5.74) is 7.93. The largest absolute Gasteiger partial charge is 0.274 e. The number of carbonyl (C=O) groups excluding carboxylic acids is 1. The van der Waals surface area contributed by atoms with Gasteiger partial charge in [0.1, 0.15) is 5.37 Å². The molecule has 37 heavy (non-hydrogen) atoms. The highest BCUT2D eigenvalue weighted by Crippen LogP contribution is 2.30. The molecule has 1 unspecified atom stereocenters. The molecule has 4 aromatic rings.